The molecule has 0 spiro atoms. The Morgan fingerprint density at radius 3 is 2.31 bits per heavy atom. The summed E-state index contributed by atoms with van der Waals surface area (Å²) in [7, 11) is -0.201. The van der Waals surface area contributed by atoms with E-state index in [-0.39, 0.29) is 13.0 Å². The Bertz CT molecular complexity index is 706. The van der Waals surface area contributed by atoms with E-state index in [9.17, 15) is 26.4 Å². The summed E-state index contributed by atoms with van der Waals surface area (Å²) >= 11 is 0. The number of benzene rings is 1. The summed E-state index contributed by atoms with van der Waals surface area (Å²) in [5, 5.41) is 2.63. The molecule has 0 aliphatic rings. The van der Waals surface area contributed by atoms with Crippen LogP contribution in [-0.2, 0) is 21.0 Å². The summed E-state index contributed by atoms with van der Waals surface area (Å²) in [4.78, 5) is 13.8. The molecule has 0 unspecified atom stereocenters. The second-order valence-corrected chi connectivity index (χ2v) is 8.01. The first-order valence-electron chi connectivity index (χ1n) is 7.98. The van der Waals surface area contributed by atoms with Crippen LogP contribution in [0.4, 0.5) is 18.9 Å². The van der Waals surface area contributed by atoms with Gasteiger partial charge in [-0.15, -0.1) is 0 Å². The summed E-state index contributed by atoms with van der Waals surface area (Å²) in [5.74, 6) is -0.415. The van der Waals surface area contributed by atoms with Crippen LogP contribution in [0.5, 0.6) is 0 Å². The number of carbonyl (C=O) groups is 1. The van der Waals surface area contributed by atoms with Crippen molar-refractivity contribution in [2.75, 3.05) is 44.3 Å². The van der Waals surface area contributed by atoms with Gasteiger partial charge in [0.05, 0.1) is 17.5 Å². The van der Waals surface area contributed by atoms with Crippen LogP contribution in [0.2, 0.25) is 0 Å². The fourth-order valence-electron chi connectivity index (χ4n) is 2.31. The molecule has 1 aromatic rings. The van der Waals surface area contributed by atoms with Crippen LogP contribution < -0.4 is 9.62 Å². The predicted octanol–water partition coefficient (Wildman–Crippen LogP) is 1.93. The monoisotopic (exact) mass is 395 g/mol. The van der Waals surface area contributed by atoms with E-state index in [4.69, 9.17) is 0 Å². The summed E-state index contributed by atoms with van der Waals surface area (Å²) in [6, 6.07) is 4.40. The fraction of sp³-hybridized carbons (Fsp3) is 0.562. The Morgan fingerprint density at radius 2 is 1.77 bits per heavy atom. The minimum absolute atomic E-state index is 0.235. The Kier molecular flexibility index (Phi) is 7.88. The molecule has 26 heavy (non-hydrogen) atoms. The molecule has 1 N–H and O–H groups in total. The maximum atomic E-state index is 13.2. The van der Waals surface area contributed by atoms with Gasteiger partial charge in [0.15, 0.2) is 0 Å². The minimum atomic E-state index is -4.70. The molecule has 0 aliphatic carbocycles. The lowest BCUT2D eigenvalue weighted by Gasteiger charge is -2.25. The van der Waals surface area contributed by atoms with E-state index in [2.05, 4.69) is 5.32 Å². The van der Waals surface area contributed by atoms with Crippen LogP contribution in [-0.4, -0.2) is 59.2 Å². The van der Waals surface area contributed by atoms with E-state index >= 15 is 0 Å². The zero-order valence-electron chi connectivity index (χ0n) is 15.0. The highest BCUT2D eigenvalue weighted by Crippen LogP contribution is 2.37. The molecule has 1 rings (SSSR count). The molecular formula is C16H24F3N3O3S. The Balaban J connectivity index is 2.84. The Morgan fingerprint density at radius 1 is 1.15 bits per heavy atom. The second-order valence-electron chi connectivity index (χ2n) is 6.11. The van der Waals surface area contributed by atoms with Gasteiger partial charge in [-0.05, 0) is 39.2 Å². The van der Waals surface area contributed by atoms with Crippen molar-refractivity contribution in [1.29, 1.82) is 0 Å². The van der Waals surface area contributed by atoms with Crippen molar-refractivity contribution < 1.29 is 26.4 Å². The number of amides is 1. The van der Waals surface area contributed by atoms with Crippen LogP contribution in [0.25, 0.3) is 0 Å². The van der Waals surface area contributed by atoms with E-state index in [1.54, 1.807) is 0 Å². The number of nitrogens with one attached hydrogen (secondary N) is 1. The molecule has 0 atom stereocenters. The molecule has 0 heterocycles. The van der Waals surface area contributed by atoms with Crippen LogP contribution in [0.3, 0.4) is 0 Å². The van der Waals surface area contributed by atoms with Crippen molar-refractivity contribution in [3.8, 4) is 0 Å². The lowest BCUT2D eigenvalue weighted by atomic mass is 10.1. The van der Waals surface area contributed by atoms with Gasteiger partial charge < -0.3 is 10.2 Å². The van der Waals surface area contributed by atoms with Gasteiger partial charge in [-0.3, -0.25) is 9.10 Å². The zero-order chi connectivity index (χ0) is 20.0. The Labute approximate surface area is 152 Å². The number of alkyl halides is 3. The third-order valence-electron chi connectivity index (χ3n) is 3.52. The van der Waals surface area contributed by atoms with Crippen molar-refractivity contribution in [2.45, 2.75) is 19.0 Å². The number of rotatable bonds is 9. The van der Waals surface area contributed by atoms with Crippen LogP contribution >= 0.6 is 0 Å². The maximum Gasteiger partial charge on any atom is 0.418 e. The molecule has 0 fully saturated rings. The summed E-state index contributed by atoms with van der Waals surface area (Å²) in [6.07, 6.45) is -3.41. The van der Waals surface area contributed by atoms with Crippen molar-refractivity contribution in [3.05, 3.63) is 29.8 Å². The minimum Gasteiger partial charge on any atom is -0.356 e. The van der Waals surface area contributed by atoms with Gasteiger partial charge in [0, 0.05) is 19.5 Å². The van der Waals surface area contributed by atoms with Gasteiger partial charge in [0.1, 0.15) is 0 Å². The van der Waals surface area contributed by atoms with Crippen LogP contribution in [0.15, 0.2) is 24.3 Å². The first-order chi connectivity index (χ1) is 11.9. The lowest BCUT2D eigenvalue weighted by molar-refractivity contribution is -0.137. The van der Waals surface area contributed by atoms with E-state index < -0.39 is 33.4 Å². The summed E-state index contributed by atoms with van der Waals surface area (Å²) in [5.41, 5.74) is -1.54. The average molecular weight is 395 g/mol. The SMILES string of the molecule is CN(C)CCCNC(=O)CCN(c1ccccc1C(F)(F)F)S(C)(=O)=O. The highest BCUT2D eigenvalue weighted by atomic mass is 32.2. The normalized spacial score (nSPS) is 12.3. The van der Waals surface area contributed by atoms with Gasteiger partial charge in [-0.1, -0.05) is 12.1 Å². The van der Waals surface area contributed by atoms with E-state index in [0.29, 0.717) is 17.3 Å². The second kappa shape index (κ2) is 9.22. The number of carbonyl (C=O) groups excluding carboxylic acids is 1. The zero-order valence-corrected chi connectivity index (χ0v) is 15.8. The van der Waals surface area contributed by atoms with Gasteiger partial charge >= 0.3 is 6.18 Å². The highest BCUT2D eigenvalue weighted by molar-refractivity contribution is 7.92. The van der Waals surface area contributed by atoms with Gasteiger partial charge in [-0.25, -0.2) is 8.42 Å². The third kappa shape index (κ3) is 7.20. The number of sulfonamides is 1. The molecule has 1 amide bonds. The van der Waals surface area contributed by atoms with Crippen LogP contribution in [0.1, 0.15) is 18.4 Å². The first kappa shape index (κ1) is 22.2. The number of hydrogen-bond acceptors (Lipinski definition) is 4. The average Bonchev–Trinajstić information content (AvgIpc) is 2.49. The molecule has 6 nitrogen and oxygen atoms in total. The largest absolute Gasteiger partial charge is 0.418 e. The number of nitrogens with zero attached hydrogens (tertiary/aromatic N) is 2. The van der Waals surface area contributed by atoms with Crippen molar-refractivity contribution >= 4 is 21.6 Å². The smallest absolute Gasteiger partial charge is 0.356 e. The van der Waals surface area contributed by atoms with Gasteiger partial charge in [-0.2, -0.15) is 13.2 Å². The maximum absolute atomic E-state index is 13.2. The van der Waals surface area contributed by atoms with Crippen molar-refractivity contribution in [2.24, 2.45) is 0 Å². The predicted molar refractivity (Wildman–Crippen MR) is 94.4 cm³/mol. The quantitative estimate of drug-likeness (QED) is 0.649. The van der Waals surface area contributed by atoms with Gasteiger partial charge in [0.25, 0.3) is 0 Å². The molecule has 0 saturated heterocycles. The lowest BCUT2D eigenvalue weighted by Crippen LogP contribution is -2.36. The summed E-state index contributed by atoms with van der Waals surface area (Å²) < 4.78 is 64.1. The van der Waals surface area contributed by atoms with Crippen molar-refractivity contribution in [3.63, 3.8) is 0 Å². The van der Waals surface area contributed by atoms with Crippen molar-refractivity contribution in [1.82, 2.24) is 10.2 Å². The topological polar surface area (TPSA) is 69.7 Å². The molecule has 0 radical (unpaired) electrons. The molecule has 148 valence electrons. The van der Waals surface area contributed by atoms with E-state index in [1.807, 2.05) is 19.0 Å². The molecule has 0 aromatic heterocycles. The van der Waals surface area contributed by atoms with E-state index in [1.165, 1.54) is 12.1 Å². The fourth-order valence-corrected chi connectivity index (χ4v) is 3.25. The molecular weight excluding hydrogens is 371 g/mol. The number of hydrogen-bond donors (Lipinski definition) is 1. The van der Waals surface area contributed by atoms with Gasteiger partial charge in [0.2, 0.25) is 15.9 Å². The molecule has 0 saturated carbocycles. The molecule has 10 heteroatoms. The standard InChI is InChI=1S/C16H24F3N3O3S/c1-21(2)11-6-10-20-15(23)9-12-22(26(3,24)25)14-8-5-4-7-13(14)16(17,18)19/h4-5,7-8H,6,9-12H2,1-3H3,(H,20,23). The van der Waals surface area contributed by atoms with Crippen LogP contribution in [0, 0.1) is 0 Å². The molecule has 0 aliphatic heterocycles. The third-order valence-corrected chi connectivity index (χ3v) is 4.70. The highest BCUT2D eigenvalue weighted by Gasteiger charge is 2.36. The van der Waals surface area contributed by atoms with E-state index in [0.717, 1.165) is 24.9 Å². The number of para-hydroxylation sites is 1. The Hall–Kier alpha value is -1.81. The number of anilines is 1. The number of halogens is 3. The first-order valence-corrected chi connectivity index (χ1v) is 9.83. The molecule has 1 aromatic carbocycles. The molecule has 0 bridgehead atoms. The summed E-state index contributed by atoms with van der Waals surface area (Å²) in [6.45, 7) is 0.815.